The number of ether oxygens (including phenoxy) is 1. The summed E-state index contributed by atoms with van der Waals surface area (Å²) in [5.74, 6) is -1.27. The molecule has 0 spiro atoms. The first-order valence-corrected chi connectivity index (χ1v) is 14.1. The number of halogens is 1. The molecule has 0 bridgehead atoms. The molecule has 38 heavy (non-hydrogen) atoms. The van der Waals surface area contributed by atoms with Crippen molar-refractivity contribution < 1.29 is 19.1 Å². The number of nitrogens with one attached hydrogen (secondary N) is 2. The van der Waals surface area contributed by atoms with Crippen LogP contribution in [0, 0.1) is 11.8 Å². The third-order valence-electron chi connectivity index (χ3n) is 8.28. The van der Waals surface area contributed by atoms with Crippen LogP contribution in [-0.4, -0.2) is 71.4 Å². The molecule has 2 N–H and O–H groups in total. The summed E-state index contributed by atoms with van der Waals surface area (Å²) in [6.45, 7) is 11.6. The van der Waals surface area contributed by atoms with Crippen molar-refractivity contribution in [2.45, 2.75) is 77.9 Å². The number of hydrogen-bond donors (Lipinski definition) is 2. The molecule has 0 aliphatic carbocycles. The maximum Gasteiger partial charge on any atom is 0.228 e. The van der Waals surface area contributed by atoms with E-state index in [1.54, 1.807) is 7.11 Å². The molecule has 208 valence electrons. The summed E-state index contributed by atoms with van der Waals surface area (Å²) in [5, 5.41) is 4.60. The summed E-state index contributed by atoms with van der Waals surface area (Å²) in [7, 11) is 1.63. The van der Waals surface area contributed by atoms with Gasteiger partial charge in [-0.25, -0.2) is 0 Å². The minimum Gasteiger partial charge on any atom is -0.385 e. The van der Waals surface area contributed by atoms with Gasteiger partial charge in [0.1, 0.15) is 0 Å². The summed E-state index contributed by atoms with van der Waals surface area (Å²) >= 11 is 6.34. The van der Waals surface area contributed by atoms with Crippen molar-refractivity contribution in [2.24, 2.45) is 11.8 Å². The van der Waals surface area contributed by atoms with E-state index in [2.05, 4.69) is 10.3 Å². The van der Waals surface area contributed by atoms with Gasteiger partial charge in [-0.3, -0.25) is 14.4 Å². The van der Waals surface area contributed by atoms with Gasteiger partial charge in [-0.05, 0) is 77.6 Å². The minimum absolute atomic E-state index is 0.00397. The highest BCUT2D eigenvalue weighted by Gasteiger charge is 2.57. The number of H-pyrrole nitrogens is 1. The molecule has 2 aromatic rings. The second-order valence-corrected chi connectivity index (χ2v) is 11.8. The van der Waals surface area contributed by atoms with Crippen LogP contribution in [0.1, 0.15) is 65.1 Å². The van der Waals surface area contributed by atoms with Crippen LogP contribution in [0.25, 0.3) is 10.9 Å². The predicted molar refractivity (Wildman–Crippen MR) is 149 cm³/mol. The van der Waals surface area contributed by atoms with Gasteiger partial charge in [0.05, 0.1) is 11.5 Å². The standard InChI is InChI=1S/C29H41ClN4O4/c1-17(2)34(18(3)4)28(37)23-14-19(15-25(35)31-11-7-13-38-6)27(36)33-12-10-21-22-16-20(30)8-9-24(22)32-26(21)29(23,33)5/h8-9,16-19,23,32H,7,10-15H2,1-6H3,(H,31,35)/t19-,23-,29+/m1/s1. The summed E-state index contributed by atoms with van der Waals surface area (Å²) in [6, 6.07) is 5.77. The quantitative estimate of drug-likeness (QED) is 0.461. The lowest BCUT2D eigenvalue weighted by atomic mass is 9.67. The van der Waals surface area contributed by atoms with Crippen LogP contribution in [-0.2, 0) is 31.1 Å². The largest absolute Gasteiger partial charge is 0.385 e. The van der Waals surface area contributed by atoms with Crippen LogP contribution in [0.3, 0.4) is 0 Å². The number of hydrogen-bond acceptors (Lipinski definition) is 4. The van der Waals surface area contributed by atoms with E-state index in [4.69, 9.17) is 16.3 Å². The highest BCUT2D eigenvalue weighted by molar-refractivity contribution is 6.31. The highest BCUT2D eigenvalue weighted by atomic mass is 35.5. The maximum absolute atomic E-state index is 14.3. The zero-order valence-corrected chi connectivity index (χ0v) is 24.2. The molecule has 0 radical (unpaired) electrons. The topological polar surface area (TPSA) is 94.7 Å². The monoisotopic (exact) mass is 544 g/mol. The molecule has 2 aliphatic heterocycles. The molecule has 1 fully saturated rings. The van der Waals surface area contributed by atoms with E-state index < -0.39 is 17.4 Å². The molecule has 0 unspecified atom stereocenters. The maximum atomic E-state index is 14.3. The van der Waals surface area contributed by atoms with Gasteiger partial charge < -0.3 is 24.8 Å². The van der Waals surface area contributed by atoms with Gasteiger partial charge >= 0.3 is 0 Å². The number of carbonyl (C=O) groups is 3. The highest BCUT2D eigenvalue weighted by Crippen LogP contribution is 2.50. The number of fused-ring (bicyclic) bond motifs is 5. The molecule has 3 heterocycles. The number of aromatic nitrogens is 1. The van der Waals surface area contributed by atoms with Gasteiger partial charge in [0.2, 0.25) is 17.7 Å². The lowest BCUT2D eigenvalue weighted by Crippen LogP contribution is -2.65. The lowest BCUT2D eigenvalue weighted by Gasteiger charge is -2.54. The fourth-order valence-electron chi connectivity index (χ4n) is 6.58. The van der Waals surface area contributed by atoms with Gasteiger partial charge in [0.15, 0.2) is 0 Å². The Hall–Kier alpha value is -2.58. The van der Waals surface area contributed by atoms with Crippen LogP contribution in [0.2, 0.25) is 5.02 Å². The first-order chi connectivity index (χ1) is 18.0. The number of methoxy groups -OCH3 is 1. The SMILES string of the molecule is COCCCNC(=O)C[C@H]1C[C@H](C(=O)N(C(C)C)C(C)C)[C@@]2(C)c3[nH]c4ccc(Cl)cc4c3CCN2C1=O. The fraction of sp³-hybridized carbons (Fsp3) is 0.621. The molecule has 9 heteroatoms. The average Bonchev–Trinajstić information content (AvgIpc) is 3.22. The van der Waals surface area contributed by atoms with Gasteiger partial charge in [-0.2, -0.15) is 0 Å². The number of piperidine rings is 1. The van der Waals surface area contributed by atoms with Crippen LogP contribution in [0.15, 0.2) is 18.2 Å². The van der Waals surface area contributed by atoms with Crippen LogP contribution < -0.4 is 5.32 Å². The summed E-state index contributed by atoms with van der Waals surface area (Å²) in [5.41, 5.74) is 2.11. The number of nitrogens with zero attached hydrogens (tertiary/aromatic N) is 2. The third kappa shape index (κ3) is 5.05. The first kappa shape index (κ1) is 28.4. The van der Waals surface area contributed by atoms with Crippen molar-refractivity contribution in [3.05, 3.63) is 34.5 Å². The Kier molecular flexibility index (Phi) is 8.43. The van der Waals surface area contributed by atoms with Crippen LogP contribution in [0.4, 0.5) is 0 Å². The first-order valence-electron chi connectivity index (χ1n) is 13.7. The zero-order valence-electron chi connectivity index (χ0n) is 23.4. The average molecular weight is 545 g/mol. The van der Waals surface area contributed by atoms with Gasteiger partial charge in [0.25, 0.3) is 0 Å². The molecule has 0 saturated carbocycles. The van der Waals surface area contributed by atoms with Crippen LogP contribution in [0.5, 0.6) is 0 Å². The second kappa shape index (κ2) is 11.3. The zero-order chi connectivity index (χ0) is 27.8. The fourth-order valence-corrected chi connectivity index (χ4v) is 6.75. The Morgan fingerprint density at radius 1 is 1.26 bits per heavy atom. The number of amides is 3. The predicted octanol–water partition coefficient (Wildman–Crippen LogP) is 4.25. The Bertz CT molecular complexity index is 1200. The minimum atomic E-state index is -0.860. The van der Waals surface area contributed by atoms with Crippen molar-refractivity contribution in [3.8, 4) is 0 Å². The molecule has 1 aromatic heterocycles. The number of carbonyl (C=O) groups excluding carboxylic acids is 3. The number of rotatable bonds is 9. The molecule has 8 nitrogen and oxygen atoms in total. The van der Waals surface area contributed by atoms with E-state index in [9.17, 15) is 14.4 Å². The molecule has 3 amide bonds. The molecule has 2 aliphatic rings. The van der Waals surface area contributed by atoms with E-state index in [0.717, 1.165) is 22.2 Å². The Balaban J connectivity index is 1.74. The Morgan fingerprint density at radius 3 is 2.63 bits per heavy atom. The Morgan fingerprint density at radius 2 is 1.97 bits per heavy atom. The molecule has 1 aromatic carbocycles. The van der Waals surface area contributed by atoms with E-state index >= 15 is 0 Å². The van der Waals surface area contributed by atoms with Crippen LogP contribution >= 0.6 is 11.6 Å². The van der Waals surface area contributed by atoms with Gasteiger partial charge in [0, 0.05) is 72.8 Å². The smallest absolute Gasteiger partial charge is 0.228 e. The van der Waals surface area contributed by atoms with E-state index in [1.165, 1.54) is 0 Å². The van der Waals surface area contributed by atoms with Crippen molar-refractivity contribution in [1.29, 1.82) is 0 Å². The number of benzene rings is 1. The van der Waals surface area contributed by atoms with Gasteiger partial charge in [-0.15, -0.1) is 0 Å². The van der Waals surface area contributed by atoms with Crippen molar-refractivity contribution in [1.82, 2.24) is 20.1 Å². The molecule has 1 saturated heterocycles. The van der Waals surface area contributed by atoms with Gasteiger partial charge in [-0.1, -0.05) is 11.6 Å². The molecule has 3 atom stereocenters. The Labute approximate surface area is 230 Å². The van der Waals surface area contributed by atoms with E-state index in [0.29, 0.717) is 44.0 Å². The van der Waals surface area contributed by atoms with E-state index in [-0.39, 0.29) is 36.2 Å². The molecular weight excluding hydrogens is 504 g/mol. The van der Waals surface area contributed by atoms with Crippen molar-refractivity contribution in [3.63, 3.8) is 0 Å². The van der Waals surface area contributed by atoms with Crippen molar-refractivity contribution in [2.75, 3.05) is 26.8 Å². The second-order valence-electron chi connectivity index (χ2n) is 11.4. The summed E-state index contributed by atoms with van der Waals surface area (Å²) in [4.78, 5) is 48.4. The van der Waals surface area contributed by atoms with Crippen molar-refractivity contribution >= 4 is 40.2 Å². The molecular formula is C29H41ClN4O4. The lowest BCUT2D eigenvalue weighted by molar-refractivity contribution is -0.166. The summed E-state index contributed by atoms with van der Waals surface area (Å²) in [6.07, 6.45) is 1.76. The normalized spacial score (nSPS) is 23.1. The molecule has 4 rings (SSSR count). The summed E-state index contributed by atoms with van der Waals surface area (Å²) < 4.78 is 5.05. The number of aromatic amines is 1. The third-order valence-corrected chi connectivity index (χ3v) is 8.51. The van der Waals surface area contributed by atoms with E-state index in [1.807, 2.05) is 62.6 Å².